The van der Waals surface area contributed by atoms with Crippen molar-refractivity contribution in [3.63, 3.8) is 0 Å². The van der Waals surface area contributed by atoms with Crippen LogP contribution in [0.5, 0.6) is 5.75 Å². The Morgan fingerprint density at radius 1 is 0.848 bits per heavy atom. The maximum absolute atomic E-state index is 10.7. The molecule has 0 saturated heterocycles. The number of unbranched alkanes of at least 4 members (excludes halogenated alkanes) is 7. The zero-order chi connectivity index (χ0) is 23.7. The van der Waals surface area contributed by atoms with Gasteiger partial charge in [-0.25, -0.2) is 0 Å². The quantitative estimate of drug-likeness (QED) is 0.183. The summed E-state index contributed by atoms with van der Waals surface area (Å²) in [5.41, 5.74) is 3.42. The predicted octanol–water partition coefficient (Wildman–Crippen LogP) is 7.73. The first-order valence-electron chi connectivity index (χ1n) is 12.3. The molecule has 180 valence electrons. The molecule has 0 aliphatic rings. The van der Waals surface area contributed by atoms with Crippen LogP contribution in [-0.2, 0) is 11.2 Å². The van der Waals surface area contributed by atoms with Crippen molar-refractivity contribution in [1.82, 2.24) is 0 Å². The number of aliphatic carboxylic acids is 1. The van der Waals surface area contributed by atoms with Gasteiger partial charge in [-0.1, -0.05) is 93.2 Å². The third-order valence-electron chi connectivity index (χ3n) is 5.75. The Kier molecular flexibility index (Phi) is 13.2. The molecule has 0 bridgehead atoms. The average molecular weight is 470 g/mol. The number of carboxylic acid groups (broad SMARTS) is 1. The van der Waals surface area contributed by atoms with Crippen LogP contribution in [0.1, 0.15) is 81.8 Å². The molecular weight excluding hydrogens is 430 g/mol. The zero-order valence-electron chi connectivity index (χ0n) is 20.0. The fourth-order valence-corrected chi connectivity index (χ4v) is 4.10. The lowest BCUT2D eigenvalue weighted by Gasteiger charge is -2.16. The fraction of sp³-hybridized carbons (Fsp3) is 0.500. The van der Waals surface area contributed by atoms with Crippen molar-refractivity contribution >= 4 is 28.9 Å². The summed E-state index contributed by atoms with van der Waals surface area (Å²) < 4.78 is 5.81. The Bertz CT molecular complexity index is 838. The molecule has 0 spiro atoms. The Morgan fingerprint density at radius 2 is 1.52 bits per heavy atom. The Morgan fingerprint density at radius 3 is 2.21 bits per heavy atom. The van der Waals surface area contributed by atoms with E-state index in [1.54, 1.807) is 0 Å². The number of aryl methyl sites for hydroxylation is 2. The number of carbonyl (C=O) groups is 1. The first-order valence-corrected chi connectivity index (χ1v) is 12.7. The molecule has 0 unspecified atom stereocenters. The van der Waals surface area contributed by atoms with E-state index in [-0.39, 0.29) is 6.42 Å². The molecule has 0 aromatic heterocycles. The molecule has 0 aliphatic carbocycles. The second-order valence-corrected chi connectivity index (χ2v) is 9.15. The van der Waals surface area contributed by atoms with Gasteiger partial charge in [0.2, 0.25) is 0 Å². The topological polar surface area (TPSA) is 58.6 Å². The summed E-state index contributed by atoms with van der Waals surface area (Å²) in [4.78, 5) is 11.5. The molecule has 2 aromatic carbocycles. The number of ether oxygens (including phenoxy) is 1. The number of hydrogen-bond acceptors (Lipinski definition) is 3. The fourth-order valence-electron chi connectivity index (χ4n) is 3.85. The highest BCUT2D eigenvalue weighted by molar-refractivity contribution is 7.80. The monoisotopic (exact) mass is 469 g/mol. The van der Waals surface area contributed by atoms with Crippen LogP contribution in [0.3, 0.4) is 0 Å². The number of nitrogens with one attached hydrogen (secondary N) is 1. The molecule has 0 radical (unpaired) electrons. The largest absolute Gasteiger partial charge is 0.491 e. The maximum Gasteiger partial charge on any atom is 0.303 e. The summed E-state index contributed by atoms with van der Waals surface area (Å²) in [6.45, 7) is 2.40. The van der Waals surface area contributed by atoms with Gasteiger partial charge in [-0.3, -0.25) is 4.79 Å². The molecule has 0 aliphatic heterocycles. The Hall–Kier alpha value is -2.40. The van der Waals surface area contributed by atoms with E-state index >= 15 is 0 Å². The summed E-state index contributed by atoms with van der Waals surface area (Å²) >= 11 is 5.57. The van der Waals surface area contributed by atoms with Crippen LogP contribution in [0.25, 0.3) is 0 Å². The van der Waals surface area contributed by atoms with Gasteiger partial charge in [0.15, 0.2) is 0 Å². The molecule has 4 nitrogen and oxygen atoms in total. The lowest BCUT2D eigenvalue weighted by molar-refractivity contribution is -0.137. The first-order chi connectivity index (χ1) is 16.1. The van der Waals surface area contributed by atoms with Crippen molar-refractivity contribution in [3.05, 3.63) is 59.7 Å². The molecule has 2 N–H and O–H groups in total. The molecule has 5 heteroatoms. The minimum absolute atomic E-state index is 0.112. The van der Waals surface area contributed by atoms with Crippen molar-refractivity contribution in [3.8, 4) is 5.75 Å². The first kappa shape index (κ1) is 26.8. The second-order valence-electron chi connectivity index (χ2n) is 8.66. The van der Waals surface area contributed by atoms with Crippen LogP contribution in [0.4, 0.5) is 5.69 Å². The summed E-state index contributed by atoms with van der Waals surface area (Å²) in [7, 11) is 0. The molecular formula is C28H39NO3S. The van der Waals surface area contributed by atoms with E-state index in [9.17, 15) is 4.79 Å². The number of benzene rings is 2. The van der Waals surface area contributed by atoms with Crippen molar-refractivity contribution in [2.45, 2.75) is 84.0 Å². The van der Waals surface area contributed by atoms with Gasteiger partial charge in [0.1, 0.15) is 5.75 Å². The molecule has 2 aromatic rings. The molecule has 0 atom stereocenters. The van der Waals surface area contributed by atoms with Crippen molar-refractivity contribution < 1.29 is 14.6 Å². The Labute approximate surface area is 204 Å². The number of rotatable bonds is 17. The molecule has 0 fully saturated rings. The van der Waals surface area contributed by atoms with Crippen molar-refractivity contribution in [1.29, 1.82) is 0 Å². The van der Waals surface area contributed by atoms with Crippen LogP contribution in [0, 0.1) is 6.92 Å². The smallest absolute Gasteiger partial charge is 0.303 e. The van der Waals surface area contributed by atoms with Crippen molar-refractivity contribution in [2.75, 3.05) is 11.9 Å². The van der Waals surface area contributed by atoms with E-state index in [2.05, 4.69) is 35.6 Å². The van der Waals surface area contributed by atoms with Gasteiger partial charge < -0.3 is 15.2 Å². The molecule has 33 heavy (non-hydrogen) atoms. The summed E-state index contributed by atoms with van der Waals surface area (Å²) in [6.07, 6.45) is 12.8. The number of hydrogen-bond donors (Lipinski definition) is 2. The molecule has 0 heterocycles. The molecule has 2 rings (SSSR count). The van der Waals surface area contributed by atoms with Gasteiger partial charge in [-0.2, -0.15) is 0 Å². The predicted molar refractivity (Wildman–Crippen MR) is 141 cm³/mol. The number of carboxylic acids is 1. The summed E-state index contributed by atoms with van der Waals surface area (Å²) in [5, 5.41) is 12.1. The van der Waals surface area contributed by atoms with E-state index in [0.29, 0.717) is 13.0 Å². The second kappa shape index (κ2) is 16.2. The third-order valence-corrected chi connectivity index (χ3v) is 6.06. The zero-order valence-corrected chi connectivity index (χ0v) is 20.8. The minimum atomic E-state index is -0.801. The lowest BCUT2D eigenvalue weighted by atomic mass is 10.0. The van der Waals surface area contributed by atoms with Crippen LogP contribution in [0.2, 0.25) is 0 Å². The van der Waals surface area contributed by atoms with E-state index in [1.165, 1.54) is 56.9 Å². The van der Waals surface area contributed by atoms with Gasteiger partial charge in [-0.15, -0.1) is 0 Å². The number of para-hydroxylation sites is 1. The van der Waals surface area contributed by atoms with E-state index in [0.717, 1.165) is 34.8 Å². The third kappa shape index (κ3) is 11.9. The number of thiocarbonyl (C=S) groups is 1. The standard InChI is InChI=1S/C28H39NO3S/c1-23-15-13-19-25(32-22-14-21-27(30)31)28(23)29-26(33)20-12-7-5-3-2-4-6-9-16-24-17-10-8-11-18-24/h8,10-11,13,15,17-19H,2-7,9,12,14,16,20-22H2,1H3,(H,29,33)(H,30,31). The van der Waals surface area contributed by atoms with Gasteiger partial charge in [-0.05, 0) is 56.2 Å². The minimum Gasteiger partial charge on any atom is -0.491 e. The maximum atomic E-state index is 10.7. The van der Waals surface area contributed by atoms with Crippen molar-refractivity contribution in [2.24, 2.45) is 0 Å². The Balaban J connectivity index is 1.54. The SMILES string of the molecule is Cc1cccc(OCCCC(=O)O)c1NC(=S)CCCCCCCCCCc1ccccc1. The van der Waals surface area contributed by atoms with Crippen LogP contribution >= 0.6 is 12.2 Å². The molecule has 0 saturated carbocycles. The van der Waals surface area contributed by atoms with Crippen LogP contribution in [0.15, 0.2) is 48.5 Å². The normalized spacial score (nSPS) is 10.7. The number of anilines is 1. The summed E-state index contributed by atoms with van der Waals surface area (Å²) in [6, 6.07) is 16.6. The van der Waals surface area contributed by atoms with Gasteiger partial charge in [0.25, 0.3) is 0 Å². The van der Waals surface area contributed by atoms with Gasteiger partial charge in [0.05, 0.1) is 17.3 Å². The van der Waals surface area contributed by atoms with Gasteiger partial charge >= 0.3 is 5.97 Å². The highest BCUT2D eigenvalue weighted by atomic mass is 32.1. The average Bonchev–Trinajstić information content (AvgIpc) is 2.80. The highest BCUT2D eigenvalue weighted by Crippen LogP contribution is 2.29. The van der Waals surface area contributed by atoms with E-state index in [1.807, 2.05) is 25.1 Å². The molecule has 0 amide bonds. The van der Waals surface area contributed by atoms with Crippen LogP contribution < -0.4 is 10.1 Å². The van der Waals surface area contributed by atoms with Crippen LogP contribution in [-0.4, -0.2) is 22.7 Å². The van der Waals surface area contributed by atoms with E-state index in [4.69, 9.17) is 22.1 Å². The summed E-state index contributed by atoms with van der Waals surface area (Å²) in [5.74, 6) is -0.0690. The van der Waals surface area contributed by atoms with E-state index < -0.39 is 5.97 Å². The highest BCUT2D eigenvalue weighted by Gasteiger charge is 2.09. The van der Waals surface area contributed by atoms with Gasteiger partial charge in [0, 0.05) is 6.42 Å². The lowest BCUT2D eigenvalue weighted by Crippen LogP contribution is -2.12.